The Labute approximate surface area is 96.3 Å². The molecule has 0 radical (unpaired) electrons. The van der Waals surface area contributed by atoms with Gasteiger partial charge in [0.25, 0.3) is 5.91 Å². The van der Waals surface area contributed by atoms with Gasteiger partial charge in [0.2, 0.25) is 0 Å². The first-order valence-corrected chi connectivity index (χ1v) is 6.40. The third-order valence-electron chi connectivity index (χ3n) is 4.42. The summed E-state index contributed by atoms with van der Waals surface area (Å²) in [5, 5.41) is 3.41. The molecular weight excluding hydrogens is 204 g/mol. The Balaban J connectivity index is 1.69. The number of ether oxygens (including phenoxy) is 1. The minimum Gasteiger partial charge on any atom is -0.368 e. The van der Waals surface area contributed by atoms with Crippen molar-refractivity contribution >= 4 is 5.91 Å². The largest absolute Gasteiger partial charge is 0.368 e. The lowest BCUT2D eigenvalue weighted by Crippen LogP contribution is -2.43. The van der Waals surface area contributed by atoms with E-state index >= 15 is 0 Å². The third-order valence-corrected chi connectivity index (χ3v) is 4.42. The molecule has 0 bridgehead atoms. The van der Waals surface area contributed by atoms with Crippen LogP contribution < -0.4 is 5.32 Å². The maximum absolute atomic E-state index is 12.3. The Kier molecular flexibility index (Phi) is 2.64. The maximum atomic E-state index is 12.3. The molecule has 3 aliphatic rings. The number of carbonyl (C=O) groups is 1. The summed E-state index contributed by atoms with van der Waals surface area (Å²) in [7, 11) is 0. The molecule has 3 fully saturated rings. The lowest BCUT2D eigenvalue weighted by Gasteiger charge is -2.26. The van der Waals surface area contributed by atoms with Crippen LogP contribution in [0.4, 0.5) is 0 Å². The van der Waals surface area contributed by atoms with Gasteiger partial charge < -0.3 is 15.0 Å². The number of fused-ring (bicyclic) bond motifs is 1. The van der Waals surface area contributed by atoms with E-state index in [0.717, 1.165) is 39.1 Å². The first kappa shape index (κ1) is 10.5. The van der Waals surface area contributed by atoms with Crippen LogP contribution in [0.15, 0.2) is 0 Å². The van der Waals surface area contributed by atoms with Crippen molar-refractivity contribution in [2.45, 2.75) is 31.9 Å². The molecule has 3 aliphatic heterocycles. The predicted molar refractivity (Wildman–Crippen MR) is 60.0 cm³/mol. The van der Waals surface area contributed by atoms with Crippen molar-refractivity contribution in [1.29, 1.82) is 0 Å². The van der Waals surface area contributed by atoms with Gasteiger partial charge in [-0.1, -0.05) is 0 Å². The Morgan fingerprint density at radius 3 is 3.00 bits per heavy atom. The molecule has 3 heterocycles. The van der Waals surface area contributed by atoms with E-state index < -0.39 is 0 Å². The lowest BCUT2D eigenvalue weighted by atomic mass is 9.95. The topological polar surface area (TPSA) is 41.6 Å². The standard InChI is InChI=1S/C12H20N2O2/c1-8-10-6-13-5-9(10)7-14(8)12(15)11-3-2-4-16-11/h8-11,13H,2-7H2,1H3. The van der Waals surface area contributed by atoms with Gasteiger partial charge >= 0.3 is 0 Å². The molecule has 0 aromatic carbocycles. The molecule has 0 aromatic rings. The first-order valence-electron chi connectivity index (χ1n) is 6.40. The zero-order chi connectivity index (χ0) is 11.1. The average molecular weight is 224 g/mol. The van der Waals surface area contributed by atoms with Gasteiger partial charge in [-0.15, -0.1) is 0 Å². The molecule has 4 nitrogen and oxygen atoms in total. The predicted octanol–water partition coefficient (Wildman–Crippen LogP) is 0.232. The van der Waals surface area contributed by atoms with Gasteiger partial charge in [-0.2, -0.15) is 0 Å². The number of nitrogens with one attached hydrogen (secondary N) is 1. The molecule has 0 saturated carbocycles. The average Bonchev–Trinajstić information content (AvgIpc) is 2.95. The van der Waals surface area contributed by atoms with Crippen LogP contribution in [0.3, 0.4) is 0 Å². The van der Waals surface area contributed by atoms with Crippen LogP contribution in [0.5, 0.6) is 0 Å². The highest BCUT2D eigenvalue weighted by Gasteiger charge is 2.45. The summed E-state index contributed by atoms with van der Waals surface area (Å²) in [6, 6.07) is 0.386. The summed E-state index contributed by atoms with van der Waals surface area (Å²) in [5.74, 6) is 1.56. The zero-order valence-electron chi connectivity index (χ0n) is 9.82. The van der Waals surface area contributed by atoms with E-state index in [1.807, 2.05) is 0 Å². The molecule has 4 unspecified atom stereocenters. The number of carbonyl (C=O) groups excluding carboxylic acids is 1. The molecule has 4 heteroatoms. The minimum atomic E-state index is -0.144. The first-order chi connectivity index (χ1) is 7.77. The van der Waals surface area contributed by atoms with Gasteiger partial charge in [-0.3, -0.25) is 4.79 Å². The van der Waals surface area contributed by atoms with E-state index in [1.165, 1.54) is 0 Å². The molecular formula is C12H20N2O2. The number of amides is 1. The second-order valence-electron chi connectivity index (χ2n) is 5.32. The Bertz CT molecular complexity index is 289. The molecule has 90 valence electrons. The molecule has 0 spiro atoms. The van der Waals surface area contributed by atoms with Crippen molar-refractivity contribution in [3.8, 4) is 0 Å². The van der Waals surface area contributed by atoms with Crippen molar-refractivity contribution in [2.24, 2.45) is 11.8 Å². The van der Waals surface area contributed by atoms with Gasteiger partial charge in [0, 0.05) is 32.3 Å². The summed E-state index contributed by atoms with van der Waals surface area (Å²) in [4.78, 5) is 14.3. The number of hydrogen-bond donors (Lipinski definition) is 1. The molecule has 1 N–H and O–H groups in total. The van der Waals surface area contributed by atoms with Crippen LogP contribution in [0.1, 0.15) is 19.8 Å². The monoisotopic (exact) mass is 224 g/mol. The number of nitrogens with zero attached hydrogens (tertiary/aromatic N) is 1. The molecule has 1 amide bonds. The van der Waals surface area contributed by atoms with Crippen LogP contribution in [0.2, 0.25) is 0 Å². The second-order valence-corrected chi connectivity index (χ2v) is 5.32. The van der Waals surface area contributed by atoms with Crippen LogP contribution in [0.25, 0.3) is 0 Å². The minimum absolute atomic E-state index is 0.144. The molecule has 0 aromatic heterocycles. The smallest absolute Gasteiger partial charge is 0.251 e. The highest BCUT2D eigenvalue weighted by Crippen LogP contribution is 2.33. The van der Waals surface area contributed by atoms with Gasteiger partial charge in [0.15, 0.2) is 0 Å². The van der Waals surface area contributed by atoms with Gasteiger partial charge in [-0.05, 0) is 31.6 Å². The SMILES string of the molecule is CC1C2CNCC2CN1C(=O)C1CCCO1. The van der Waals surface area contributed by atoms with E-state index in [2.05, 4.69) is 17.1 Å². The quantitative estimate of drug-likeness (QED) is 0.693. The molecule has 0 aliphatic carbocycles. The number of likely N-dealkylation sites (tertiary alicyclic amines) is 1. The Morgan fingerprint density at radius 1 is 1.44 bits per heavy atom. The van der Waals surface area contributed by atoms with Gasteiger partial charge in [-0.25, -0.2) is 0 Å². The molecule has 3 saturated heterocycles. The summed E-state index contributed by atoms with van der Waals surface area (Å²) in [5.41, 5.74) is 0. The number of rotatable bonds is 1. The van der Waals surface area contributed by atoms with E-state index in [0.29, 0.717) is 17.9 Å². The highest BCUT2D eigenvalue weighted by molar-refractivity contribution is 5.81. The van der Waals surface area contributed by atoms with Crippen LogP contribution >= 0.6 is 0 Å². The summed E-state index contributed by atoms with van der Waals surface area (Å²) < 4.78 is 5.49. The molecule has 16 heavy (non-hydrogen) atoms. The van der Waals surface area contributed by atoms with Crippen molar-refractivity contribution in [3.05, 3.63) is 0 Å². The van der Waals surface area contributed by atoms with E-state index in [4.69, 9.17) is 4.74 Å². The van der Waals surface area contributed by atoms with E-state index in [-0.39, 0.29) is 12.0 Å². The highest BCUT2D eigenvalue weighted by atomic mass is 16.5. The number of hydrogen-bond acceptors (Lipinski definition) is 3. The second kappa shape index (κ2) is 4.00. The molecule has 3 rings (SSSR count). The fourth-order valence-corrected chi connectivity index (χ4v) is 3.42. The van der Waals surface area contributed by atoms with Crippen LogP contribution in [0, 0.1) is 11.8 Å². The third kappa shape index (κ3) is 1.55. The van der Waals surface area contributed by atoms with Crippen molar-refractivity contribution in [1.82, 2.24) is 10.2 Å². The van der Waals surface area contributed by atoms with E-state index in [1.54, 1.807) is 0 Å². The molecule has 4 atom stereocenters. The normalized spacial score (nSPS) is 42.7. The summed E-state index contributed by atoms with van der Waals surface area (Å²) in [6.45, 7) is 6.01. The van der Waals surface area contributed by atoms with Crippen molar-refractivity contribution in [3.63, 3.8) is 0 Å². The lowest BCUT2D eigenvalue weighted by molar-refractivity contribution is -0.141. The van der Waals surface area contributed by atoms with Gasteiger partial charge in [0.1, 0.15) is 6.10 Å². The summed E-state index contributed by atoms with van der Waals surface area (Å²) >= 11 is 0. The van der Waals surface area contributed by atoms with Crippen molar-refractivity contribution < 1.29 is 9.53 Å². The Hall–Kier alpha value is -0.610. The Morgan fingerprint density at radius 2 is 2.31 bits per heavy atom. The van der Waals surface area contributed by atoms with E-state index in [9.17, 15) is 4.79 Å². The maximum Gasteiger partial charge on any atom is 0.251 e. The fourth-order valence-electron chi connectivity index (χ4n) is 3.42. The fraction of sp³-hybridized carbons (Fsp3) is 0.917. The summed E-state index contributed by atoms with van der Waals surface area (Å²) in [6.07, 6.45) is 1.80. The van der Waals surface area contributed by atoms with Crippen LogP contribution in [-0.4, -0.2) is 49.2 Å². The van der Waals surface area contributed by atoms with Crippen LogP contribution in [-0.2, 0) is 9.53 Å². The van der Waals surface area contributed by atoms with Gasteiger partial charge in [0.05, 0.1) is 0 Å². The van der Waals surface area contributed by atoms with Crippen molar-refractivity contribution in [2.75, 3.05) is 26.2 Å². The zero-order valence-corrected chi connectivity index (χ0v) is 9.82.